The molecular weight excluding hydrogens is 193 g/mol. The summed E-state index contributed by atoms with van der Waals surface area (Å²) >= 11 is 5.67. The van der Waals surface area contributed by atoms with Gasteiger partial charge in [0.1, 0.15) is 5.82 Å². The number of halogens is 2. The zero-order chi connectivity index (χ0) is 9.84. The maximum Gasteiger partial charge on any atom is 0.126 e. The summed E-state index contributed by atoms with van der Waals surface area (Å²) in [7, 11) is 0. The molecule has 0 heterocycles. The molecule has 13 heavy (non-hydrogen) atoms. The van der Waals surface area contributed by atoms with Crippen LogP contribution in [0.15, 0.2) is 18.2 Å². The van der Waals surface area contributed by atoms with Gasteiger partial charge in [0, 0.05) is 11.1 Å². The van der Waals surface area contributed by atoms with Gasteiger partial charge >= 0.3 is 0 Å². The standard InChI is InChI=1S/C9H11ClFNO/c10-7-1-2-9(11)6(3-7)4-8(12)5-13/h1-3,8,13H,4-5,12H2. The minimum absolute atomic E-state index is 0.161. The lowest BCUT2D eigenvalue weighted by atomic mass is 10.1. The van der Waals surface area contributed by atoms with E-state index >= 15 is 0 Å². The Hall–Kier alpha value is -0.640. The van der Waals surface area contributed by atoms with Crippen LogP contribution in [-0.2, 0) is 6.42 Å². The molecule has 0 aromatic heterocycles. The zero-order valence-corrected chi connectivity index (χ0v) is 7.76. The average Bonchev–Trinajstić information content (AvgIpc) is 2.11. The summed E-state index contributed by atoms with van der Waals surface area (Å²) in [6.07, 6.45) is 0.295. The lowest BCUT2D eigenvalue weighted by Crippen LogP contribution is -2.27. The molecule has 1 aromatic rings. The van der Waals surface area contributed by atoms with E-state index in [0.717, 1.165) is 0 Å². The minimum atomic E-state index is -0.437. The van der Waals surface area contributed by atoms with E-state index in [4.69, 9.17) is 22.4 Å². The largest absolute Gasteiger partial charge is 0.395 e. The van der Waals surface area contributed by atoms with Crippen LogP contribution in [0.5, 0.6) is 0 Å². The third-order valence-corrected chi connectivity index (χ3v) is 1.96. The lowest BCUT2D eigenvalue weighted by Gasteiger charge is -2.08. The van der Waals surface area contributed by atoms with Gasteiger partial charge in [-0.2, -0.15) is 0 Å². The lowest BCUT2D eigenvalue weighted by molar-refractivity contribution is 0.264. The van der Waals surface area contributed by atoms with Crippen molar-refractivity contribution in [3.05, 3.63) is 34.6 Å². The van der Waals surface area contributed by atoms with Crippen molar-refractivity contribution in [2.75, 3.05) is 6.61 Å². The van der Waals surface area contributed by atoms with Gasteiger partial charge in [-0.25, -0.2) is 4.39 Å². The fourth-order valence-corrected chi connectivity index (χ4v) is 1.24. The highest BCUT2D eigenvalue weighted by molar-refractivity contribution is 6.30. The first-order valence-corrected chi connectivity index (χ1v) is 4.31. The second-order valence-corrected chi connectivity index (χ2v) is 3.32. The zero-order valence-electron chi connectivity index (χ0n) is 7.00. The van der Waals surface area contributed by atoms with Crippen molar-refractivity contribution in [1.82, 2.24) is 0 Å². The number of aliphatic hydroxyl groups is 1. The van der Waals surface area contributed by atoms with Gasteiger partial charge in [0.2, 0.25) is 0 Å². The molecule has 1 unspecified atom stereocenters. The van der Waals surface area contributed by atoms with Crippen LogP contribution in [-0.4, -0.2) is 17.8 Å². The first kappa shape index (κ1) is 10.4. The van der Waals surface area contributed by atoms with Crippen molar-refractivity contribution in [3.8, 4) is 0 Å². The number of benzene rings is 1. The van der Waals surface area contributed by atoms with Gasteiger partial charge in [-0.15, -0.1) is 0 Å². The highest BCUT2D eigenvalue weighted by Gasteiger charge is 2.07. The van der Waals surface area contributed by atoms with E-state index in [0.29, 0.717) is 17.0 Å². The molecule has 72 valence electrons. The highest BCUT2D eigenvalue weighted by Crippen LogP contribution is 2.15. The number of rotatable bonds is 3. The van der Waals surface area contributed by atoms with Crippen LogP contribution in [0.3, 0.4) is 0 Å². The van der Waals surface area contributed by atoms with Crippen molar-refractivity contribution >= 4 is 11.6 Å². The maximum absolute atomic E-state index is 13.1. The van der Waals surface area contributed by atoms with Gasteiger partial charge in [-0.1, -0.05) is 11.6 Å². The Kier molecular flexibility index (Phi) is 3.66. The predicted molar refractivity (Wildman–Crippen MR) is 50.2 cm³/mol. The van der Waals surface area contributed by atoms with Gasteiger partial charge in [-0.05, 0) is 30.2 Å². The number of nitrogens with two attached hydrogens (primary N) is 1. The van der Waals surface area contributed by atoms with Crippen LogP contribution in [0.25, 0.3) is 0 Å². The van der Waals surface area contributed by atoms with Crippen LogP contribution in [0.1, 0.15) is 5.56 Å². The molecule has 1 rings (SSSR count). The summed E-state index contributed by atoms with van der Waals surface area (Å²) in [4.78, 5) is 0. The first-order valence-electron chi connectivity index (χ1n) is 3.94. The third kappa shape index (κ3) is 2.95. The summed E-state index contributed by atoms with van der Waals surface area (Å²) in [5, 5.41) is 9.15. The summed E-state index contributed by atoms with van der Waals surface area (Å²) < 4.78 is 13.1. The normalized spacial score (nSPS) is 12.9. The quantitative estimate of drug-likeness (QED) is 0.779. The Bertz CT molecular complexity index is 293. The smallest absolute Gasteiger partial charge is 0.126 e. The van der Waals surface area contributed by atoms with E-state index in [1.807, 2.05) is 0 Å². The molecule has 4 heteroatoms. The van der Waals surface area contributed by atoms with Crippen LogP contribution < -0.4 is 5.73 Å². The van der Waals surface area contributed by atoms with Crippen LogP contribution in [0.4, 0.5) is 4.39 Å². The van der Waals surface area contributed by atoms with Gasteiger partial charge in [0.25, 0.3) is 0 Å². The molecule has 0 aliphatic carbocycles. The van der Waals surface area contributed by atoms with Crippen molar-refractivity contribution in [1.29, 1.82) is 0 Å². The molecule has 0 saturated heterocycles. The van der Waals surface area contributed by atoms with E-state index in [-0.39, 0.29) is 12.4 Å². The highest BCUT2D eigenvalue weighted by atomic mass is 35.5. The van der Waals surface area contributed by atoms with E-state index in [1.165, 1.54) is 18.2 Å². The fourth-order valence-electron chi connectivity index (χ4n) is 1.05. The Balaban J connectivity index is 2.81. The molecule has 0 saturated carbocycles. The predicted octanol–water partition coefficient (Wildman–Crippen LogP) is 1.34. The van der Waals surface area contributed by atoms with Crippen LogP contribution in [0.2, 0.25) is 5.02 Å². The van der Waals surface area contributed by atoms with Crippen molar-refractivity contribution in [3.63, 3.8) is 0 Å². The van der Waals surface area contributed by atoms with Gasteiger partial charge in [0.15, 0.2) is 0 Å². The molecule has 0 spiro atoms. The Morgan fingerprint density at radius 1 is 1.54 bits per heavy atom. The number of hydrogen-bond donors (Lipinski definition) is 2. The van der Waals surface area contributed by atoms with E-state index in [2.05, 4.69) is 0 Å². The molecule has 0 fully saturated rings. The average molecular weight is 204 g/mol. The summed E-state index contributed by atoms with van der Waals surface area (Å²) in [6.45, 7) is -0.161. The molecule has 1 aromatic carbocycles. The van der Waals surface area contributed by atoms with Crippen molar-refractivity contribution in [2.24, 2.45) is 5.73 Å². The summed E-state index contributed by atoms with van der Waals surface area (Å²) in [6, 6.07) is 3.85. The van der Waals surface area contributed by atoms with Gasteiger partial charge in [-0.3, -0.25) is 0 Å². The molecule has 0 aliphatic rings. The Morgan fingerprint density at radius 2 is 2.23 bits per heavy atom. The first-order chi connectivity index (χ1) is 6.13. The monoisotopic (exact) mass is 203 g/mol. The van der Waals surface area contributed by atoms with Crippen LogP contribution in [0, 0.1) is 5.82 Å². The molecule has 2 nitrogen and oxygen atoms in total. The number of aliphatic hydroxyl groups excluding tert-OH is 1. The fraction of sp³-hybridized carbons (Fsp3) is 0.333. The second kappa shape index (κ2) is 4.56. The van der Waals surface area contributed by atoms with E-state index in [9.17, 15) is 4.39 Å². The van der Waals surface area contributed by atoms with Gasteiger partial charge in [0.05, 0.1) is 6.61 Å². The maximum atomic E-state index is 13.1. The summed E-state index contributed by atoms with van der Waals surface area (Å²) in [5.74, 6) is -0.340. The van der Waals surface area contributed by atoms with E-state index in [1.54, 1.807) is 0 Å². The minimum Gasteiger partial charge on any atom is -0.395 e. The SMILES string of the molecule is NC(CO)Cc1cc(Cl)ccc1F. The van der Waals surface area contributed by atoms with Crippen LogP contribution >= 0.6 is 11.6 Å². The van der Waals surface area contributed by atoms with Gasteiger partial charge < -0.3 is 10.8 Å². The van der Waals surface area contributed by atoms with Crippen molar-refractivity contribution < 1.29 is 9.50 Å². The van der Waals surface area contributed by atoms with E-state index < -0.39 is 6.04 Å². The molecule has 0 bridgehead atoms. The molecule has 3 N–H and O–H groups in total. The molecule has 1 atom stereocenters. The Labute approximate surface area is 81.1 Å². The molecule has 0 radical (unpaired) electrons. The molecule has 0 aliphatic heterocycles. The molecule has 0 amide bonds. The third-order valence-electron chi connectivity index (χ3n) is 1.72. The Morgan fingerprint density at radius 3 is 2.85 bits per heavy atom. The van der Waals surface area contributed by atoms with Crippen molar-refractivity contribution in [2.45, 2.75) is 12.5 Å². The number of hydrogen-bond acceptors (Lipinski definition) is 2. The summed E-state index contributed by atoms with van der Waals surface area (Å²) in [5.41, 5.74) is 5.90. The second-order valence-electron chi connectivity index (χ2n) is 2.88. The molecular formula is C9H11ClFNO. The topological polar surface area (TPSA) is 46.2 Å².